The third-order valence-corrected chi connectivity index (χ3v) is 18.5. The molecule has 0 aromatic rings. The van der Waals surface area contributed by atoms with Crippen LogP contribution in [0.4, 0.5) is 0 Å². The molecule has 0 fully saturated rings. The van der Waals surface area contributed by atoms with Crippen molar-refractivity contribution in [1.82, 2.24) is 0 Å². The first kappa shape index (κ1) is 16.3. The molecule has 106 valence electrons. The van der Waals surface area contributed by atoms with Crippen molar-refractivity contribution in [2.45, 2.75) is 65.7 Å². The Hall–Kier alpha value is 0.220. The average Bonchev–Trinajstić information content (AvgIpc) is 2.41. The molecule has 0 aromatic heterocycles. The van der Waals surface area contributed by atoms with E-state index in [2.05, 4.69) is 80.3 Å². The van der Waals surface area contributed by atoms with Crippen LogP contribution in [0.15, 0.2) is 23.8 Å². The average molecular weight is 418 g/mol. The van der Waals surface area contributed by atoms with Crippen LogP contribution in [0, 0.1) is 10.8 Å². The third kappa shape index (κ3) is 2.57. The van der Waals surface area contributed by atoms with E-state index in [0.717, 1.165) is 0 Å². The van der Waals surface area contributed by atoms with Gasteiger partial charge < -0.3 is 0 Å². The van der Waals surface area contributed by atoms with Crippen LogP contribution in [0.1, 0.15) is 41.5 Å². The van der Waals surface area contributed by atoms with E-state index >= 15 is 0 Å². The van der Waals surface area contributed by atoms with Crippen LogP contribution in [0.3, 0.4) is 0 Å². The molecule has 1 aliphatic carbocycles. The molecule has 1 aliphatic rings. The van der Waals surface area contributed by atoms with Gasteiger partial charge in [0, 0.05) is 0 Å². The predicted molar refractivity (Wildman–Crippen MR) is 82.3 cm³/mol. The standard InChI is InChI=1S/C13H21.4CH3.Ta/c1-12(2,3)10-7-8-11(9-10)13(4,5)6;;;;;/h7-9H,1-6H3;4*1H3;. The molecular weight excluding hydrogens is 385 g/mol. The number of hydrogen-bond acceptors (Lipinski definition) is 0. The van der Waals surface area contributed by atoms with Gasteiger partial charge in [-0.3, -0.25) is 0 Å². The Labute approximate surface area is 116 Å². The van der Waals surface area contributed by atoms with Crippen molar-refractivity contribution in [2.24, 2.45) is 10.8 Å². The molecule has 18 heavy (non-hydrogen) atoms. The van der Waals surface area contributed by atoms with Gasteiger partial charge in [0.1, 0.15) is 0 Å². The van der Waals surface area contributed by atoms with Crippen molar-refractivity contribution >= 4 is 0 Å². The van der Waals surface area contributed by atoms with Gasteiger partial charge in [0.2, 0.25) is 0 Å². The molecule has 0 radical (unpaired) electrons. The second-order valence-electron chi connectivity index (χ2n) is 9.84. The van der Waals surface area contributed by atoms with Crippen molar-refractivity contribution in [3.8, 4) is 0 Å². The van der Waals surface area contributed by atoms with Crippen molar-refractivity contribution in [1.29, 1.82) is 0 Å². The molecule has 0 aromatic carbocycles. The normalized spacial score (nSPS) is 27.9. The molecule has 1 heteroatoms. The SMILES string of the molecule is CC(C)(C)C1=C[C](C(C)(C)C)([Ta]([CH3])([CH3])([CH3])[CH3])C=C1. The van der Waals surface area contributed by atoms with E-state index in [9.17, 15) is 0 Å². The van der Waals surface area contributed by atoms with Crippen LogP contribution in [0.2, 0.25) is 24.2 Å². The van der Waals surface area contributed by atoms with E-state index in [0.29, 0.717) is 9.05 Å². The Morgan fingerprint density at radius 1 is 0.889 bits per heavy atom. The van der Waals surface area contributed by atoms with Crippen LogP contribution >= 0.6 is 0 Å². The molecule has 0 amide bonds. The van der Waals surface area contributed by atoms with Gasteiger partial charge in [-0.15, -0.1) is 0 Å². The van der Waals surface area contributed by atoms with E-state index in [1.54, 1.807) is 0 Å². The maximum absolute atomic E-state index is 2.78. The number of hydrogen-bond donors (Lipinski definition) is 0. The van der Waals surface area contributed by atoms with E-state index < -0.39 is 15.8 Å². The molecule has 0 N–H and O–H groups in total. The van der Waals surface area contributed by atoms with Crippen molar-refractivity contribution in [2.75, 3.05) is 0 Å². The van der Waals surface area contributed by atoms with Gasteiger partial charge in [-0.2, -0.15) is 0 Å². The fraction of sp³-hybridized carbons (Fsp3) is 0.765. The monoisotopic (exact) mass is 418 g/mol. The van der Waals surface area contributed by atoms with E-state index in [4.69, 9.17) is 0 Å². The van der Waals surface area contributed by atoms with Gasteiger partial charge in [0.05, 0.1) is 0 Å². The molecule has 0 heterocycles. The molecule has 1 rings (SSSR count). The summed E-state index contributed by atoms with van der Waals surface area (Å²) in [7, 11) is 0. The van der Waals surface area contributed by atoms with Crippen LogP contribution in [-0.4, -0.2) is 0 Å². The Bertz CT molecular complexity index is 392. The molecule has 0 spiro atoms. The Kier molecular flexibility index (Phi) is 3.50. The summed E-state index contributed by atoms with van der Waals surface area (Å²) in [6.45, 7) is 14.2. The molecule has 1 atom stereocenters. The first-order valence-corrected chi connectivity index (χ1v) is 21.5. The van der Waals surface area contributed by atoms with Gasteiger partial charge in [0.15, 0.2) is 0 Å². The first-order chi connectivity index (χ1) is 7.57. The fourth-order valence-corrected chi connectivity index (χ4v) is 17.8. The van der Waals surface area contributed by atoms with Crippen LogP contribution < -0.4 is 0 Å². The Morgan fingerprint density at radius 2 is 1.33 bits per heavy atom. The fourth-order valence-electron chi connectivity index (χ4n) is 3.38. The van der Waals surface area contributed by atoms with Gasteiger partial charge in [-0.25, -0.2) is 0 Å². The minimum atomic E-state index is -2.78. The van der Waals surface area contributed by atoms with Gasteiger partial charge in [0.25, 0.3) is 0 Å². The summed E-state index contributed by atoms with van der Waals surface area (Å²) in [5.41, 5.74) is 2.08. The number of rotatable bonds is 1. The summed E-state index contributed by atoms with van der Waals surface area (Å²) in [5.74, 6) is 0. The summed E-state index contributed by atoms with van der Waals surface area (Å²) in [4.78, 5) is 0. The number of allylic oxidation sites excluding steroid dienone is 4. The molecule has 0 saturated heterocycles. The van der Waals surface area contributed by atoms with Crippen LogP contribution in [0.25, 0.3) is 0 Å². The second kappa shape index (κ2) is 3.87. The molecule has 1 unspecified atom stereocenters. The molecule has 0 bridgehead atoms. The Balaban J connectivity index is 3.51. The quantitative estimate of drug-likeness (QED) is 0.449. The van der Waals surface area contributed by atoms with E-state index in [1.807, 2.05) is 0 Å². The van der Waals surface area contributed by atoms with E-state index in [-0.39, 0.29) is 5.41 Å². The van der Waals surface area contributed by atoms with Crippen molar-refractivity contribution < 1.29 is 15.8 Å². The summed E-state index contributed by atoms with van der Waals surface area (Å²) in [6.07, 6.45) is 7.57. The minimum absolute atomic E-state index is 0.262. The molecular formula is C17H33Ta. The molecule has 0 aliphatic heterocycles. The summed E-state index contributed by atoms with van der Waals surface area (Å²) in [6, 6.07) is 0. The first-order valence-electron chi connectivity index (χ1n) is 7.00. The van der Waals surface area contributed by atoms with Crippen LogP contribution in [-0.2, 0) is 15.8 Å². The van der Waals surface area contributed by atoms with Gasteiger partial charge in [-0.1, -0.05) is 0 Å². The maximum atomic E-state index is 2.63. The van der Waals surface area contributed by atoms with Gasteiger partial charge in [-0.05, 0) is 0 Å². The summed E-state index contributed by atoms with van der Waals surface area (Å²) in [5, 5.41) is 10.3. The molecule has 0 saturated carbocycles. The predicted octanol–water partition coefficient (Wildman–Crippen LogP) is 6.62. The van der Waals surface area contributed by atoms with E-state index in [1.165, 1.54) is 5.57 Å². The zero-order chi connectivity index (χ0) is 14.6. The summed E-state index contributed by atoms with van der Waals surface area (Å²) >= 11 is -2.78. The Morgan fingerprint density at radius 3 is 1.50 bits per heavy atom. The zero-order valence-electron chi connectivity index (χ0n) is 14.2. The van der Waals surface area contributed by atoms with Crippen molar-refractivity contribution in [3.05, 3.63) is 23.8 Å². The second-order valence-corrected chi connectivity index (χ2v) is 38.2. The third-order valence-electron chi connectivity index (χ3n) is 4.44. The van der Waals surface area contributed by atoms with Crippen molar-refractivity contribution in [3.63, 3.8) is 0 Å². The van der Waals surface area contributed by atoms with Crippen LogP contribution in [0.5, 0.6) is 0 Å². The van der Waals surface area contributed by atoms with Gasteiger partial charge >= 0.3 is 116 Å². The molecule has 0 nitrogen and oxygen atoms in total. The summed E-state index contributed by atoms with van der Waals surface area (Å²) < 4.78 is 0.307. The topological polar surface area (TPSA) is 0 Å². The zero-order valence-corrected chi connectivity index (χ0v) is 17.4.